The Hall–Kier alpha value is -4.24. The second-order valence-electron chi connectivity index (χ2n) is 7.00. The van der Waals surface area contributed by atoms with Crippen LogP contribution in [0.15, 0.2) is 79.8 Å². The van der Waals surface area contributed by atoms with Crippen LogP contribution in [-0.2, 0) is 16.1 Å². The zero-order chi connectivity index (χ0) is 23.9. The number of carbonyl (C=O) groups is 1. The maximum atomic E-state index is 13.4. The molecule has 0 atom stereocenters. The number of benzene rings is 2. The lowest BCUT2D eigenvalue weighted by atomic mass is 10.2. The van der Waals surface area contributed by atoms with Crippen LogP contribution in [0.4, 0.5) is 15.9 Å². The SMILES string of the molecule is COC(=O)/C=C(/c1cncnc1Nc1ccc(OCc2cccc(F)c2)c(Cl)c1)n1ccnc1. The second-order valence-corrected chi connectivity index (χ2v) is 7.40. The number of aromatic nitrogens is 4. The fraction of sp³-hybridized carbons (Fsp3) is 0.0833. The van der Waals surface area contributed by atoms with Crippen LogP contribution in [0, 0.1) is 5.82 Å². The van der Waals surface area contributed by atoms with Crippen molar-refractivity contribution in [3.63, 3.8) is 0 Å². The summed E-state index contributed by atoms with van der Waals surface area (Å²) in [4.78, 5) is 24.4. The van der Waals surface area contributed by atoms with Crippen molar-refractivity contribution in [2.45, 2.75) is 6.61 Å². The number of halogens is 2. The molecule has 0 saturated carbocycles. The number of ether oxygens (including phenoxy) is 2. The molecule has 0 fully saturated rings. The van der Waals surface area contributed by atoms with E-state index in [4.69, 9.17) is 21.1 Å². The molecule has 0 aliphatic rings. The van der Waals surface area contributed by atoms with Crippen LogP contribution in [0.5, 0.6) is 5.75 Å². The van der Waals surface area contributed by atoms with Crippen LogP contribution in [0.1, 0.15) is 11.1 Å². The number of carbonyl (C=O) groups excluding carboxylic acids is 1. The van der Waals surface area contributed by atoms with Gasteiger partial charge in [0.25, 0.3) is 0 Å². The average molecular weight is 480 g/mol. The minimum Gasteiger partial charge on any atom is -0.487 e. The number of rotatable bonds is 8. The molecule has 34 heavy (non-hydrogen) atoms. The molecule has 0 spiro atoms. The smallest absolute Gasteiger partial charge is 0.332 e. The van der Waals surface area contributed by atoms with Crippen molar-refractivity contribution in [1.29, 1.82) is 0 Å². The van der Waals surface area contributed by atoms with Gasteiger partial charge in [-0.3, -0.25) is 0 Å². The quantitative estimate of drug-likeness (QED) is 0.285. The molecule has 8 nitrogen and oxygen atoms in total. The van der Waals surface area contributed by atoms with Gasteiger partial charge in [-0.2, -0.15) is 0 Å². The van der Waals surface area contributed by atoms with Crippen molar-refractivity contribution in [2.24, 2.45) is 0 Å². The first-order chi connectivity index (χ1) is 16.5. The molecule has 0 radical (unpaired) electrons. The van der Waals surface area contributed by atoms with Crippen LogP contribution >= 0.6 is 11.6 Å². The van der Waals surface area contributed by atoms with Gasteiger partial charge in [-0.25, -0.2) is 24.1 Å². The molecule has 4 aromatic rings. The van der Waals surface area contributed by atoms with E-state index in [1.54, 1.807) is 59.8 Å². The van der Waals surface area contributed by atoms with E-state index in [9.17, 15) is 9.18 Å². The summed E-state index contributed by atoms with van der Waals surface area (Å²) in [7, 11) is 1.30. The van der Waals surface area contributed by atoms with Crippen molar-refractivity contribution in [2.75, 3.05) is 12.4 Å². The lowest BCUT2D eigenvalue weighted by Crippen LogP contribution is -2.07. The number of nitrogens with zero attached hydrogens (tertiary/aromatic N) is 4. The van der Waals surface area contributed by atoms with Gasteiger partial charge in [0.15, 0.2) is 0 Å². The number of hydrogen-bond acceptors (Lipinski definition) is 7. The molecule has 2 aromatic carbocycles. The number of esters is 1. The molecule has 0 unspecified atom stereocenters. The lowest BCUT2D eigenvalue weighted by Gasteiger charge is -2.15. The van der Waals surface area contributed by atoms with Crippen LogP contribution in [0.2, 0.25) is 5.02 Å². The zero-order valence-electron chi connectivity index (χ0n) is 18.0. The number of imidazole rings is 1. The van der Waals surface area contributed by atoms with Crippen molar-refractivity contribution < 1.29 is 18.7 Å². The summed E-state index contributed by atoms with van der Waals surface area (Å²) >= 11 is 6.41. The van der Waals surface area contributed by atoms with Crippen molar-refractivity contribution in [3.05, 3.63) is 102 Å². The molecule has 0 bridgehead atoms. The highest BCUT2D eigenvalue weighted by Gasteiger charge is 2.15. The molecule has 2 aromatic heterocycles. The first kappa shape index (κ1) is 22.9. The predicted octanol–water partition coefficient (Wildman–Crippen LogP) is 4.85. The van der Waals surface area contributed by atoms with Gasteiger partial charge in [0.1, 0.15) is 30.3 Å². The van der Waals surface area contributed by atoms with Gasteiger partial charge in [0.05, 0.1) is 29.7 Å². The van der Waals surface area contributed by atoms with E-state index in [1.807, 2.05) is 0 Å². The molecular weight excluding hydrogens is 461 g/mol. The van der Waals surface area contributed by atoms with E-state index in [-0.39, 0.29) is 12.4 Å². The Labute approximate surface area is 199 Å². The summed E-state index contributed by atoms with van der Waals surface area (Å²) in [5.74, 6) is 0.0116. The number of methoxy groups -OCH3 is 1. The molecule has 0 aliphatic carbocycles. The Bertz CT molecular complexity index is 1330. The molecule has 4 rings (SSSR count). The molecule has 0 saturated heterocycles. The highest BCUT2D eigenvalue weighted by atomic mass is 35.5. The van der Waals surface area contributed by atoms with Crippen LogP contribution in [0.25, 0.3) is 5.70 Å². The Morgan fingerprint density at radius 2 is 2.12 bits per heavy atom. The maximum absolute atomic E-state index is 13.4. The zero-order valence-corrected chi connectivity index (χ0v) is 18.7. The predicted molar refractivity (Wildman–Crippen MR) is 125 cm³/mol. The fourth-order valence-corrected chi connectivity index (χ4v) is 3.34. The second kappa shape index (κ2) is 10.6. The Morgan fingerprint density at radius 3 is 2.85 bits per heavy atom. The Morgan fingerprint density at radius 1 is 1.24 bits per heavy atom. The van der Waals surface area contributed by atoms with Crippen LogP contribution in [0.3, 0.4) is 0 Å². The standard InChI is InChI=1S/C24H19ClFN5O3/c1-33-23(32)11-21(31-8-7-27-15-31)19-12-28-14-29-24(19)30-18-5-6-22(20(25)10-18)34-13-16-3-2-4-17(26)9-16/h2-12,14-15H,13H2,1H3,(H,28,29,30)/b21-11-. The highest BCUT2D eigenvalue weighted by Crippen LogP contribution is 2.31. The van der Waals surface area contributed by atoms with Gasteiger partial charge in [0, 0.05) is 30.4 Å². The third-order valence-corrected chi connectivity index (χ3v) is 5.00. The molecular formula is C24H19ClFN5O3. The van der Waals surface area contributed by atoms with Gasteiger partial charge in [-0.1, -0.05) is 23.7 Å². The highest BCUT2D eigenvalue weighted by molar-refractivity contribution is 6.32. The maximum Gasteiger partial charge on any atom is 0.332 e. The molecule has 0 amide bonds. The van der Waals surface area contributed by atoms with E-state index < -0.39 is 5.97 Å². The largest absolute Gasteiger partial charge is 0.487 e. The molecule has 2 heterocycles. The molecule has 10 heteroatoms. The summed E-state index contributed by atoms with van der Waals surface area (Å²) in [5.41, 5.74) is 2.32. The van der Waals surface area contributed by atoms with Crippen LogP contribution in [-0.4, -0.2) is 32.6 Å². The number of hydrogen-bond donors (Lipinski definition) is 1. The molecule has 0 aliphatic heterocycles. The fourth-order valence-electron chi connectivity index (χ4n) is 3.10. The molecule has 172 valence electrons. The molecule has 1 N–H and O–H groups in total. The Balaban J connectivity index is 1.57. The van der Waals surface area contributed by atoms with Crippen molar-refractivity contribution >= 4 is 34.8 Å². The summed E-state index contributed by atoms with van der Waals surface area (Å²) in [6.07, 6.45) is 9.10. The third kappa shape index (κ3) is 5.57. The summed E-state index contributed by atoms with van der Waals surface area (Å²) in [6, 6.07) is 11.3. The van der Waals surface area contributed by atoms with Gasteiger partial charge in [0.2, 0.25) is 0 Å². The minimum atomic E-state index is -0.540. The van der Waals surface area contributed by atoms with E-state index in [2.05, 4.69) is 20.3 Å². The first-order valence-electron chi connectivity index (χ1n) is 10.1. The van der Waals surface area contributed by atoms with Gasteiger partial charge in [-0.15, -0.1) is 0 Å². The Kier molecular flexibility index (Phi) is 7.14. The lowest BCUT2D eigenvalue weighted by molar-refractivity contribution is -0.134. The van der Waals surface area contributed by atoms with E-state index >= 15 is 0 Å². The summed E-state index contributed by atoms with van der Waals surface area (Å²) in [6.45, 7) is 0.174. The van der Waals surface area contributed by atoms with Gasteiger partial charge in [-0.05, 0) is 35.9 Å². The number of nitrogens with one attached hydrogen (secondary N) is 1. The van der Waals surface area contributed by atoms with E-state index in [0.717, 1.165) is 0 Å². The third-order valence-electron chi connectivity index (χ3n) is 4.70. The monoisotopic (exact) mass is 479 g/mol. The van der Waals surface area contributed by atoms with Crippen molar-refractivity contribution in [1.82, 2.24) is 19.5 Å². The first-order valence-corrected chi connectivity index (χ1v) is 10.4. The van der Waals surface area contributed by atoms with Gasteiger partial charge < -0.3 is 19.4 Å². The normalized spacial score (nSPS) is 11.2. The van der Waals surface area contributed by atoms with Crippen LogP contribution < -0.4 is 10.1 Å². The number of anilines is 2. The topological polar surface area (TPSA) is 91.2 Å². The summed E-state index contributed by atoms with van der Waals surface area (Å²) in [5, 5.41) is 3.55. The van der Waals surface area contributed by atoms with E-state index in [0.29, 0.717) is 39.1 Å². The minimum absolute atomic E-state index is 0.174. The van der Waals surface area contributed by atoms with Gasteiger partial charge >= 0.3 is 5.97 Å². The van der Waals surface area contributed by atoms with E-state index in [1.165, 1.54) is 31.6 Å². The summed E-state index contributed by atoms with van der Waals surface area (Å²) < 4.78 is 25.5. The average Bonchev–Trinajstić information content (AvgIpc) is 3.37. The van der Waals surface area contributed by atoms with Crippen molar-refractivity contribution in [3.8, 4) is 5.75 Å².